The molecule has 0 heterocycles. The number of benzene rings is 1. The van der Waals surface area contributed by atoms with E-state index in [2.05, 4.69) is 34.6 Å². The lowest BCUT2D eigenvalue weighted by Gasteiger charge is -1.96. The molecule has 0 spiro atoms. The highest BCUT2D eigenvalue weighted by atomic mass is 79.9. The molecule has 0 radical (unpaired) electrons. The van der Waals surface area contributed by atoms with E-state index >= 15 is 0 Å². The van der Waals surface area contributed by atoms with Crippen LogP contribution in [0.1, 0.15) is 12.0 Å². The molecule has 0 atom stereocenters. The van der Waals surface area contributed by atoms with Crippen LogP contribution in [0, 0.1) is 0 Å². The summed E-state index contributed by atoms with van der Waals surface area (Å²) >= 11 is 13.4. The fourth-order valence-corrected chi connectivity index (χ4v) is 2.00. The first kappa shape index (κ1) is 11.2. The number of rotatable bonds is 3. The second kappa shape index (κ2) is 5.74. The van der Waals surface area contributed by atoms with E-state index in [1.165, 1.54) is 0 Å². The Morgan fingerprint density at radius 3 is 2.77 bits per heavy atom. The quantitative estimate of drug-likeness (QED) is 0.776. The Labute approximate surface area is 97.5 Å². The monoisotopic (exact) mass is 276 g/mol. The molecular formula is C10H10BrClS. The van der Waals surface area contributed by atoms with Crippen molar-refractivity contribution in [3.63, 3.8) is 0 Å². The first-order chi connectivity index (χ1) is 6.22. The highest BCUT2D eigenvalue weighted by molar-refractivity contribution is 9.10. The first-order valence-corrected chi connectivity index (χ1v) is 5.76. The van der Waals surface area contributed by atoms with Crippen LogP contribution in [0.25, 0.3) is 6.08 Å². The molecule has 1 aromatic rings. The lowest BCUT2D eigenvalue weighted by atomic mass is 10.2. The summed E-state index contributed by atoms with van der Waals surface area (Å²) in [5.41, 5.74) is 1.11. The van der Waals surface area contributed by atoms with Gasteiger partial charge < -0.3 is 0 Å². The van der Waals surface area contributed by atoms with E-state index in [1.807, 2.05) is 24.3 Å². The number of allylic oxidation sites excluding steroid dienone is 1. The van der Waals surface area contributed by atoms with Gasteiger partial charge >= 0.3 is 0 Å². The van der Waals surface area contributed by atoms with Crippen molar-refractivity contribution in [2.24, 2.45) is 0 Å². The Kier molecular flexibility index (Phi) is 4.92. The van der Waals surface area contributed by atoms with Gasteiger partial charge in [0.15, 0.2) is 0 Å². The van der Waals surface area contributed by atoms with Crippen molar-refractivity contribution in [1.82, 2.24) is 0 Å². The average Bonchev–Trinajstić information content (AvgIpc) is 2.03. The predicted molar refractivity (Wildman–Crippen MR) is 66.7 cm³/mol. The molecule has 0 aliphatic carbocycles. The molecule has 3 heteroatoms. The van der Waals surface area contributed by atoms with E-state index in [9.17, 15) is 0 Å². The van der Waals surface area contributed by atoms with Gasteiger partial charge in [-0.05, 0) is 35.9 Å². The molecule has 0 amide bonds. The van der Waals surface area contributed by atoms with Crippen LogP contribution in [0.4, 0.5) is 0 Å². The van der Waals surface area contributed by atoms with Crippen LogP contribution in [0.15, 0.2) is 28.7 Å². The van der Waals surface area contributed by atoms with Gasteiger partial charge in [-0.1, -0.05) is 39.7 Å². The fraction of sp³-hybridized carbons (Fsp3) is 0.200. The fourth-order valence-electron chi connectivity index (χ4n) is 0.965. The van der Waals surface area contributed by atoms with Gasteiger partial charge in [-0.15, -0.1) is 0 Å². The third-order valence-electron chi connectivity index (χ3n) is 1.49. The maximum atomic E-state index is 5.88. The molecule has 0 bridgehead atoms. The minimum Gasteiger partial charge on any atom is -0.179 e. The van der Waals surface area contributed by atoms with Gasteiger partial charge in [-0.2, -0.15) is 12.6 Å². The second-order valence-corrected chi connectivity index (χ2v) is 4.42. The highest BCUT2D eigenvalue weighted by Crippen LogP contribution is 2.20. The Bertz CT molecular complexity index is 290. The van der Waals surface area contributed by atoms with E-state index < -0.39 is 0 Å². The summed E-state index contributed by atoms with van der Waals surface area (Å²) in [6, 6.07) is 5.83. The van der Waals surface area contributed by atoms with E-state index in [-0.39, 0.29) is 0 Å². The molecule has 0 N–H and O–H groups in total. The molecule has 13 heavy (non-hydrogen) atoms. The topological polar surface area (TPSA) is 0 Å². The van der Waals surface area contributed by atoms with Gasteiger partial charge in [0.25, 0.3) is 0 Å². The van der Waals surface area contributed by atoms with Crippen molar-refractivity contribution in [3.05, 3.63) is 39.3 Å². The lowest BCUT2D eigenvalue weighted by molar-refractivity contribution is 1.26. The van der Waals surface area contributed by atoms with Gasteiger partial charge in [0.2, 0.25) is 0 Å². The molecule has 0 saturated heterocycles. The van der Waals surface area contributed by atoms with Crippen molar-refractivity contribution in [2.45, 2.75) is 6.42 Å². The van der Waals surface area contributed by atoms with Gasteiger partial charge in [-0.25, -0.2) is 0 Å². The Morgan fingerprint density at radius 1 is 1.38 bits per heavy atom. The number of hydrogen-bond acceptors (Lipinski definition) is 1. The van der Waals surface area contributed by atoms with Crippen LogP contribution in [0.2, 0.25) is 5.02 Å². The summed E-state index contributed by atoms with van der Waals surface area (Å²) in [6.07, 6.45) is 5.12. The number of hydrogen-bond donors (Lipinski definition) is 1. The van der Waals surface area contributed by atoms with Crippen molar-refractivity contribution >= 4 is 46.2 Å². The average molecular weight is 278 g/mol. The highest BCUT2D eigenvalue weighted by Gasteiger charge is 1.93. The van der Waals surface area contributed by atoms with Crippen molar-refractivity contribution < 1.29 is 0 Å². The molecule has 1 rings (SSSR count). The summed E-state index contributed by atoms with van der Waals surface area (Å²) in [4.78, 5) is 0. The Morgan fingerprint density at radius 2 is 2.15 bits per heavy atom. The van der Waals surface area contributed by atoms with E-state index in [4.69, 9.17) is 11.6 Å². The minimum absolute atomic E-state index is 0.750. The molecular weight excluding hydrogens is 268 g/mol. The second-order valence-electron chi connectivity index (χ2n) is 2.62. The van der Waals surface area contributed by atoms with Crippen LogP contribution in [0.3, 0.4) is 0 Å². The van der Waals surface area contributed by atoms with E-state index in [0.29, 0.717) is 0 Å². The molecule has 0 fully saturated rings. The van der Waals surface area contributed by atoms with E-state index in [1.54, 1.807) is 0 Å². The molecule has 0 nitrogen and oxygen atoms in total. The van der Waals surface area contributed by atoms with Crippen molar-refractivity contribution in [2.75, 3.05) is 5.75 Å². The normalized spacial score (nSPS) is 11.0. The SMILES string of the molecule is SCCC=Cc1cc(Cl)cc(Br)c1. The maximum absolute atomic E-state index is 5.88. The Balaban J connectivity index is 2.77. The standard InChI is InChI=1S/C10H10BrClS/c11-9-5-8(3-1-2-4-13)6-10(12)7-9/h1,3,5-7,13H,2,4H2. The zero-order valence-corrected chi connectivity index (χ0v) is 10.2. The largest absolute Gasteiger partial charge is 0.179 e. The van der Waals surface area contributed by atoms with Crippen LogP contribution in [0.5, 0.6) is 0 Å². The Hall–Kier alpha value is 0.0800. The van der Waals surface area contributed by atoms with Crippen LogP contribution in [-0.4, -0.2) is 5.75 Å². The zero-order chi connectivity index (χ0) is 9.68. The van der Waals surface area contributed by atoms with Gasteiger partial charge in [0.05, 0.1) is 0 Å². The zero-order valence-electron chi connectivity index (χ0n) is 7.00. The van der Waals surface area contributed by atoms with E-state index in [0.717, 1.165) is 27.2 Å². The molecule has 0 saturated carbocycles. The molecule has 0 aliphatic rings. The molecule has 0 unspecified atom stereocenters. The number of thiol groups is 1. The summed E-state index contributed by atoms with van der Waals surface area (Å²) in [5.74, 6) is 0.873. The lowest BCUT2D eigenvalue weighted by Crippen LogP contribution is -1.74. The van der Waals surface area contributed by atoms with Crippen LogP contribution in [-0.2, 0) is 0 Å². The van der Waals surface area contributed by atoms with Crippen LogP contribution >= 0.6 is 40.2 Å². The maximum Gasteiger partial charge on any atom is 0.0423 e. The van der Waals surface area contributed by atoms with Crippen molar-refractivity contribution in [3.8, 4) is 0 Å². The van der Waals surface area contributed by atoms with Gasteiger partial charge in [0.1, 0.15) is 0 Å². The third-order valence-corrected chi connectivity index (χ3v) is 2.43. The molecule has 1 aromatic carbocycles. The first-order valence-electron chi connectivity index (χ1n) is 3.96. The van der Waals surface area contributed by atoms with Gasteiger partial charge in [-0.3, -0.25) is 0 Å². The minimum atomic E-state index is 0.750. The molecule has 0 aromatic heterocycles. The molecule has 0 aliphatic heterocycles. The summed E-state index contributed by atoms with van der Waals surface area (Å²) in [5, 5.41) is 0.750. The van der Waals surface area contributed by atoms with Crippen molar-refractivity contribution in [1.29, 1.82) is 0 Å². The third kappa shape index (κ3) is 4.21. The van der Waals surface area contributed by atoms with Gasteiger partial charge in [0, 0.05) is 9.50 Å². The smallest absolute Gasteiger partial charge is 0.0423 e. The summed E-state index contributed by atoms with van der Waals surface area (Å²) < 4.78 is 1.01. The molecule has 70 valence electrons. The van der Waals surface area contributed by atoms with Crippen LogP contribution < -0.4 is 0 Å². The number of halogens is 2. The predicted octanol–water partition coefficient (Wildman–Crippen LogP) is 4.44. The summed E-state index contributed by atoms with van der Waals surface area (Å²) in [7, 11) is 0. The summed E-state index contributed by atoms with van der Waals surface area (Å²) in [6.45, 7) is 0.